The van der Waals surface area contributed by atoms with Crippen molar-refractivity contribution >= 4 is 36.6 Å². The van der Waals surface area contributed by atoms with Gasteiger partial charge in [0.05, 0.1) is 46.5 Å². The molecule has 1 aliphatic rings. The van der Waals surface area contributed by atoms with Crippen molar-refractivity contribution < 1.29 is 28.9 Å². The highest BCUT2D eigenvalue weighted by Gasteiger charge is 2.35. The first kappa shape index (κ1) is 22.4. The quantitative estimate of drug-likeness (QED) is 0.306. The highest BCUT2D eigenvalue weighted by Crippen LogP contribution is 2.36. The standard InChI is InChI=1S/C17H20N4OS.H3O4P/c1-20(2)14-8-6-5-7-13(14)18-19-17-21(3)15-10-9-12(22-4)11-16(15)23-17;1-5(2,3)4/h5-11,17H,1-4H3;(H3,1,2,3,4). The Hall–Kier alpha value is -1.94. The summed E-state index contributed by atoms with van der Waals surface area (Å²) in [6.07, 6.45) is 0. The molecule has 0 spiro atoms. The maximum absolute atomic E-state index is 8.66. The number of para-hydroxylation sites is 1. The SMILES string of the molecule is COc1ccc2c(c1)[SH+]C(N=Nc1ccccc1[NH+](C)C)N2C.O=P([O-])([O-])O. The molecule has 2 aromatic rings. The molecule has 0 radical (unpaired) electrons. The summed E-state index contributed by atoms with van der Waals surface area (Å²) in [4.78, 5) is 28.9. The van der Waals surface area contributed by atoms with Gasteiger partial charge in [-0.05, 0) is 18.2 Å². The Morgan fingerprint density at radius 1 is 1.25 bits per heavy atom. The van der Waals surface area contributed by atoms with Crippen LogP contribution in [0.25, 0.3) is 0 Å². The van der Waals surface area contributed by atoms with Gasteiger partial charge in [0.15, 0.2) is 10.6 Å². The van der Waals surface area contributed by atoms with Gasteiger partial charge in [-0.15, -0.1) is 10.2 Å². The van der Waals surface area contributed by atoms with E-state index in [2.05, 4.69) is 54.5 Å². The summed E-state index contributed by atoms with van der Waals surface area (Å²) in [5, 5.41) is 9.08. The van der Waals surface area contributed by atoms with E-state index in [1.165, 1.54) is 15.5 Å². The minimum atomic E-state index is -5.14. The Morgan fingerprint density at radius 2 is 1.89 bits per heavy atom. The average molecular weight is 426 g/mol. The van der Waals surface area contributed by atoms with Crippen molar-refractivity contribution in [1.82, 2.24) is 0 Å². The monoisotopic (exact) mass is 426 g/mol. The number of hydrogen-bond donors (Lipinski definition) is 2. The number of methoxy groups -OCH3 is 1. The molecule has 1 atom stereocenters. The van der Waals surface area contributed by atoms with E-state index in [1.807, 2.05) is 24.3 Å². The summed E-state index contributed by atoms with van der Waals surface area (Å²) in [7, 11) is 2.79. The van der Waals surface area contributed by atoms with Gasteiger partial charge in [-0.2, -0.15) is 0 Å². The fraction of sp³-hybridized carbons (Fsp3) is 0.294. The number of thiol groups is 1. The predicted octanol–water partition coefficient (Wildman–Crippen LogP) is -0.0303. The molecule has 0 saturated carbocycles. The second kappa shape index (κ2) is 9.51. The molecule has 2 N–H and O–H groups in total. The second-order valence-corrected chi connectivity index (χ2v) is 8.28. The Bertz CT molecular complexity index is 881. The molecule has 1 unspecified atom stereocenters. The van der Waals surface area contributed by atoms with Crippen LogP contribution in [0.5, 0.6) is 5.75 Å². The molecule has 1 heterocycles. The van der Waals surface area contributed by atoms with Crippen molar-refractivity contribution in [3.05, 3.63) is 42.5 Å². The summed E-state index contributed by atoms with van der Waals surface area (Å²) in [5.74, 6) is 0.879. The average Bonchev–Trinajstić information content (AvgIpc) is 2.94. The summed E-state index contributed by atoms with van der Waals surface area (Å²) < 4.78 is 14.0. The van der Waals surface area contributed by atoms with Gasteiger partial charge in [0.25, 0.3) is 0 Å². The number of azo groups is 1. The highest BCUT2D eigenvalue weighted by molar-refractivity contribution is 7.80. The number of rotatable bonds is 4. The van der Waals surface area contributed by atoms with Gasteiger partial charge in [-0.25, -0.2) is 0 Å². The van der Waals surface area contributed by atoms with Gasteiger partial charge in [-0.1, -0.05) is 12.1 Å². The number of nitrogens with one attached hydrogen (secondary N) is 1. The second-order valence-electron chi connectivity index (χ2n) is 6.14. The summed E-state index contributed by atoms with van der Waals surface area (Å²) >= 11 is 1.13. The Balaban J connectivity index is 0.000000500. The smallest absolute Gasteiger partial charge is 0.307 e. The van der Waals surface area contributed by atoms with E-state index in [4.69, 9.17) is 24.0 Å². The zero-order chi connectivity index (χ0) is 20.9. The number of hydrogen-bond acceptors (Lipinski definition) is 7. The van der Waals surface area contributed by atoms with Crippen LogP contribution in [0.4, 0.5) is 17.1 Å². The lowest BCUT2D eigenvalue weighted by molar-refractivity contribution is -0.785. The van der Waals surface area contributed by atoms with Gasteiger partial charge in [0.2, 0.25) is 0 Å². The number of phosphoric acid groups is 1. The van der Waals surface area contributed by atoms with Gasteiger partial charge < -0.3 is 33.8 Å². The normalized spacial score (nSPS) is 16.1. The summed E-state index contributed by atoms with van der Waals surface area (Å²) in [6, 6.07) is 14.2. The van der Waals surface area contributed by atoms with Gasteiger partial charge in [0, 0.05) is 19.2 Å². The van der Waals surface area contributed by atoms with Crippen LogP contribution in [0.2, 0.25) is 0 Å². The van der Waals surface area contributed by atoms with Crippen molar-refractivity contribution in [2.75, 3.05) is 33.2 Å². The third-order valence-electron chi connectivity index (χ3n) is 3.88. The molecule has 11 heteroatoms. The number of benzene rings is 2. The van der Waals surface area contributed by atoms with Crippen LogP contribution in [0.3, 0.4) is 0 Å². The van der Waals surface area contributed by atoms with Crippen LogP contribution < -0.4 is 24.3 Å². The predicted molar refractivity (Wildman–Crippen MR) is 105 cm³/mol. The molecular formula is C17H23N4O5PS. The molecule has 2 aromatic carbocycles. The largest absolute Gasteiger partial charge is 0.790 e. The third-order valence-corrected chi connectivity index (χ3v) is 5.19. The minimum absolute atomic E-state index is 0.00215. The van der Waals surface area contributed by atoms with Gasteiger partial charge >= 0.3 is 5.50 Å². The van der Waals surface area contributed by atoms with E-state index in [-0.39, 0.29) is 5.50 Å². The van der Waals surface area contributed by atoms with Crippen LogP contribution in [0, 0.1) is 0 Å². The highest BCUT2D eigenvalue weighted by atomic mass is 32.2. The first-order valence-corrected chi connectivity index (χ1v) is 10.7. The molecule has 1 aliphatic heterocycles. The van der Waals surface area contributed by atoms with Crippen molar-refractivity contribution in [3.63, 3.8) is 0 Å². The van der Waals surface area contributed by atoms with Crippen LogP contribution in [-0.4, -0.2) is 38.6 Å². The first-order valence-electron chi connectivity index (χ1n) is 8.27. The lowest BCUT2D eigenvalue weighted by Gasteiger charge is -2.19. The van der Waals surface area contributed by atoms with E-state index < -0.39 is 7.82 Å². The Morgan fingerprint density at radius 3 is 2.50 bits per heavy atom. The lowest BCUT2D eigenvalue weighted by Crippen LogP contribution is -3.00. The number of fused-ring (bicyclic) bond motifs is 1. The number of nitrogens with zero attached hydrogens (tertiary/aromatic N) is 3. The van der Waals surface area contributed by atoms with Crippen LogP contribution >= 0.6 is 7.82 Å². The molecule has 0 bridgehead atoms. The van der Waals surface area contributed by atoms with Gasteiger partial charge in [0.1, 0.15) is 11.4 Å². The molecule has 0 aromatic heterocycles. The van der Waals surface area contributed by atoms with Crippen molar-refractivity contribution in [3.8, 4) is 5.75 Å². The van der Waals surface area contributed by atoms with E-state index in [9.17, 15) is 0 Å². The van der Waals surface area contributed by atoms with Crippen molar-refractivity contribution in [1.29, 1.82) is 0 Å². The molecule has 0 fully saturated rings. The minimum Gasteiger partial charge on any atom is -0.790 e. The molecule has 152 valence electrons. The molecule has 28 heavy (non-hydrogen) atoms. The van der Waals surface area contributed by atoms with Gasteiger partial charge in [-0.3, -0.25) is 0 Å². The third kappa shape index (κ3) is 6.30. The van der Waals surface area contributed by atoms with Crippen LogP contribution in [0.1, 0.15) is 0 Å². The number of quaternary nitrogens is 1. The topological polar surface area (TPSA) is 125 Å². The maximum Gasteiger partial charge on any atom is 0.307 e. The van der Waals surface area contributed by atoms with Crippen LogP contribution in [0.15, 0.2) is 57.6 Å². The van der Waals surface area contributed by atoms with Crippen molar-refractivity contribution in [2.45, 2.75) is 10.4 Å². The number of ether oxygens (including phenoxy) is 1. The van der Waals surface area contributed by atoms with E-state index >= 15 is 0 Å². The number of anilines is 1. The maximum atomic E-state index is 8.66. The zero-order valence-corrected chi connectivity index (χ0v) is 17.7. The fourth-order valence-corrected chi connectivity index (χ4v) is 3.78. The molecule has 0 amide bonds. The Kier molecular flexibility index (Phi) is 7.59. The molecule has 0 aliphatic carbocycles. The zero-order valence-electron chi connectivity index (χ0n) is 15.9. The molecular weight excluding hydrogens is 403 g/mol. The van der Waals surface area contributed by atoms with E-state index in [0.29, 0.717) is 0 Å². The fourth-order valence-electron chi connectivity index (χ4n) is 2.57. The van der Waals surface area contributed by atoms with E-state index in [0.717, 1.165) is 28.9 Å². The first-order chi connectivity index (χ1) is 13.1. The summed E-state index contributed by atoms with van der Waals surface area (Å²) in [6.45, 7) is 0. The summed E-state index contributed by atoms with van der Waals surface area (Å²) in [5.41, 5.74) is 3.25. The molecule has 3 rings (SSSR count). The molecule has 0 saturated heterocycles. The van der Waals surface area contributed by atoms with Crippen LogP contribution in [-0.2, 0) is 16.3 Å². The van der Waals surface area contributed by atoms with Crippen molar-refractivity contribution in [2.24, 2.45) is 10.2 Å². The molecule has 9 nitrogen and oxygen atoms in total. The van der Waals surface area contributed by atoms with E-state index in [1.54, 1.807) is 7.11 Å². The lowest BCUT2D eigenvalue weighted by atomic mass is 10.2. The Labute approximate surface area is 167 Å².